The van der Waals surface area contributed by atoms with Crippen LogP contribution in [0.3, 0.4) is 0 Å². The maximum Gasteiger partial charge on any atom is 0.258 e. The minimum Gasteiger partial charge on any atom is -0.490 e. The molecule has 0 aromatic heterocycles. The molecule has 1 amide bonds. The number of halogens is 2. The molecule has 1 aliphatic heterocycles. The van der Waals surface area contributed by atoms with Crippen molar-refractivity contribution in [2.75, 3.05) is 49.7 Å². The Bertz CT molecular complexity index is 989. The highest BCUT2D eigenvalue weighted by atomic mass is 35.5. The van der Waals surface area contributed by atoms with Gasteiger partial charge in [0.05, 0.1) is 35.6 Å². The third-order valence-corrected chi connectivity index (χ3v) is 5.61. The number of morpholine rings is 1. The van der Waals surface area contributed by atoms with Gasteiger partial charge in [-0.2, -0.15) is 0 Å². The lowest BCUT2D eigenvalue weighted by Gasteiger charge is -2.29. The molecule has 3 rings (SSSR count). The molecule has 2 aromatic carbocycles. The highest BCUT2D eigenvalue weighted by Crippen LogP contribution is 2.37. The van der Waals surface area contributed by atoms with Crippen LogP contribution in [-0.4, -0.2) is 51.0 Å². The second kappa shape index (κ2) is 11.9. The molecule has 186 valence electrons. The number of nitrogens with zero attached hydrogens (tertiary/aromatic N) is 1. The molecule has 7 nitrogen and oxygen atoms in total. The molecular weight excluding hydrogens is 477 g/mol. The molecular formula is C25H33Cl2N3O4. The topological polar surface area (TPSA) is 72.1 Å². The summed E-state index contributed by atoms with van der Waals surface area (Å²) >= 11 is 13.0. The second-order valence-electron chi connectivity index (χ2n) is 9.04. The predicted molar refractivity (Wildman–Crippen MR) is 138 cm³/mol. The average Bonchev–Trinajstić information content (AvgIpc) is 2.77. The van der Waals surface area contributed by atoms with E-state index in [1.165, 1.54) is 0 Å². The van der Waals surface area contributed by atoms with Crippen LogP contribution in [0.25, 0.3) is 0 Å². The third kappa shape index (κ3) is 7.58. The van der Waals surface area contributed by atoms with Gasteiger partial charge in [-0.15, -0.1) is 0 Å². The summed E-state index contributed by atoms with van der Waals surface area (Å²) in [6.45, 7) is 11.5. The molecule has 9 heteroatoms. The molecule has 1 aliphatic rings. The van der Waals surface area contributed by atoms with Crippen LogP contribution in [0, 0.1) is 0 Å². The highest BCUT2D eigenvalue weighted by Gasteiger charge is 2.18. The number of nitrogens with one attached hydrogen (secondary N) is 2. The summed E-state index contributed by atoms with van der Waals surface area (Å²) in [5, 5.41) is 7.31. The van der Waals surface area contributed by atoms with Crippen molar-refractivity contribution in [3.63, 3.8) is 0 Å². The van der Waals surface area contributed by atoms with Gasteiger partial charge in [-0.1, -0.05) is 23.2 Å². The fraction of sp³-hybridized carbons (Fsp3) is 0.480. The van der Waals surface area contributed by atoms with Gasteiger partial charge >= 0.3 is 0 Å². The van der Waals surface area contributed by atoms with Gasteiger partial charge in [-0.05, 0) is 63.6 Å². The molecule has 0 atom stereocenters. The number of carbonyl (C=O) groups excluding carboxylic acids is 1. The monoisotopic (exact) mass is 509 g/mol. The van der Waals surface area contributed by atoms with Gasteiger partial charge < -0.3 is 29.7 Å². The van der Waals surface area contributed by atoms with E-state index in [4.69, 9.17) is 37.4 Å². The normalized spacial score (nSPS) is 14.0. The Morgan fingerprint density at radius 3 is 2.47 bits per heavy atom. The molecule has 1 saturated heterocycles. The molecule has 0 aliphatic carbocycles. The lowest BCUT2D eigenvalue weighted by molar-refractivity contribution is -0.124. The number of amides is 1. The first-order chi connectivity index (χ1) is 16.2. The van der Waals surface area contributed by atoms with E-state index in [1.54, 1.807) is 6.07 Å². The molecule has 1 fully saturated rings. The summed E-state index contributed by atoms with van der Waals surface area (Å²) in [6.07, 6.45) is 0. The largest absolute Gasteiger partial charge is 0.490 e. The Hall–Kier alpha value is -2.35. The molecule has 34 heavy (non-hydrogen) atoms. The summed E-state index contributed by atoms with van der Waals surface area (Å²) in [7, 11) is 0. The van der Waals surface area contributed by atoms with Crippen molar-refractivity contribution in [3.05, 3.63) is 45.9 Å². The molecule has 0 saturated carbocycles. The Balaban J connectivity index is 1.66. The summed E-state index contributed by atoms with van der Waals surface area (Å²) in [5.74, 6) is 0.624. The van der Waals surface area contributed by atoms with E-state index in [0.29, 0.717) is 47.9 Å². The van der Waals surface area contributed by atoms with Gasteiger partial charge in [0, 0.05) is 30.9 Å². The van der Waals surface area contributed by atoms with Gasteiger partial charge in [0.1, 0.15) is 0 Å². The van der Waals surface area contributed by atoms with Crippen molar-refractivity contribution >= 4 is 40.5 Å². The second-order valence-corrected chi connectivity index (χ2v) is 9.86. The van der Waals surface area contributed by atoms with E-state index in [2.05, 4.69) is 15.5 Å². The number of ether oxygens (including phenoxy) is 3. The van der Waals surface area contributed by atoms with E-state index >= 15 is 0 Å². The van der Waals surface area contributed by atoms with E-state index in [-0.39, 0.29) is 18.1 Å². The van der Waals surface area contributed by atoms with Crippen molar-refractivity contribution in [3.8, 4) is 11.5 Å². The van der Waals surface area contributed by atoms with Crippen LogP contribution in [0.15, 0.2) is 30.3 Å². The van der Waals surface area contributed by atoms with E-state index in [0.717, 1.165) is 30.0 Å². The minimum atomic E-state index is -0.341. The van der Waals surface area contributed by atoms with E-state index in [1.807, 2.05) is 52.0 Å². The maximum absolute atomic E-state index is 12.1. The van der Waals surface area contributed by atoms with Crippen LogP contribution in [0.1, 0.15) is 33.3 Å². The molecule has 0 bridgehead atoms. The molecule has 0 radical (unpaired) electrons. The quantitative estimate of drug-likeness (QED) is 0.487. The number of carbonyl (C=O) groups is 1. The summed E-state index contributed by atoms with van der Waals surface area (Å²) < 4.78 is 16.9. The van der Waals surface area contributed by atoms with E-state index < -0.39 is 0 Å². The zero-order valence-electron chi connectivity index (χ0n) is 20.2. The standard InChI is InChI=1S/C25H33Cl2N3O4/c1-5-33-22-13-17(12-20(27)24(22)34-16-23(31)29-25(2,3)4)15-28-18-6-7-21(19(26)14-18)30-8-10-32-11-9-30/h6-7,12-14,28H,5,8-11,15-16H2,1-4H3,(H,29,31). The molecule has 1 heterocycles. The van der Waals surface area contributed by atoms with Crippen LogP contribution in [0.4, 0.5) is 11.4 Å². The van der Waals surface area contributed by atoms with Crippen LogP contribution >= 0.6 is 23.2 Å². The van der Waals surface area contributed by atoms with Gasteiger partial charge in [0.15, 0.2) is 18.1 Å². The minimum absolute atomic E-state index is 0.150. The first kappa shape index (κ1) is 26.3. The van der Waals surface area contributed by atoms with Crippen LogP contribution < -0.4 is 25.0 Å². The van der Waals surface area contributed by atoms with Crippen LogP contribution in [0.5, 0.6) is 11.5 Å². The summed E-state index contributed by atoms with van der Waals surface area (Å²) in [5.41, 5.74) is 2.48. The lowest BCUT2D eigenvalue weighted by atomic mass is 10.1. The lowest BCUT2D eigenvalue weighted by Crippen LogP contribution is -2.43. The Kier molecular flexibility index (Phi) is 9.17. The Morgan fingerprint density at radius 1 is 1.09 bits per heavy atom. The number of rotatable bonds is 9. The van der Waals surface area contributed by atoms with Gasteiger partial charge in [-0.3, -0.25) is 4.79 Å². The van der Waals surface area contributed by atoms with E-state index in [9.17, 15) is 4.79 Å². The number of hydrogen-bond donors (Lipinski definition) is 2. The van der Waals surface area contributed by atoms with Crippen LogP contribution in [0.2, 0.25) is 10.0 Å². The fourth-order valence-electron chi connectivity index (χ4n) is 3.60. The maximum atomic E-state index is 12.1. The van der Waals surface area contributed by atoms with Crippen molar-refractivity contribution in [1.82, 2.24) is 5.32 Å². The fourth-order valence-corrected chi connectivity index (χ4v) is 4.19. The van der Waals surface area contributed by atoms with Crippen molar-refractivity contribution in [2.45, 2.75) is 39.8 Å². The van der Waals surface area contributed by atoms with Crippen LogP contribution in [-0.2, 0) is 16.1 Å². The van der Waals surface area contributed by atoms with Crippen molar-refractivity contribution in [2.24, 2.45) is 0 Å². The molecule has 0 unspecified atom stereocenters. The summed E-state index contributed by atoms with van der Waals surface area (Å²) in [6, 6.07) is 9.62. The number of hydrogen-bond acceptors (Lipinski definition) is 6. The molecule has 0 spiro atoms. The summed E-state index contributed by atoms with van der Waals surface area (Å²) in [4.78, 5) is 14.4. The first-order valence-corrected chi connectivity index (χ1v) is 12.2. The van der Waals surface area contributed by atoms with Gasteiger partial charge in [0.2, 0.25) is 0 Å². The van der Waals surface area contributed by atoms with Gasteiger partial charge in [0.25, 0.3) is 5.91 Å². The predicted octanol–water partition coefficient (Wildman–Crippen LogP) is 5.13. The zero-order valence-corrected chi connectivity index (χ0v) is 21.7. The van der Waals surface area contributed by atoms with Gasteiger partial charge in [-0.25, -0.2) is 0 Å². The van der Waals surface area contributed by atoms with Crippen molar-refractivity contribution < 1.29 is 19.0 Å². The SMILES string of the molecule is CCOc1cc(CNc2ccc(N3CCOCC3)c(Cl)c2)cc(Cl)c1OCC(=O)NC(C)(C)C. The highest BCUT2D eigenvalue weighted by molar-refractivity contribution is 6.33. The Morgan fingerprint density at radius 2 is 1.82 bits per heavy atom. The third-order valence-electron chi connectivity index (χ3n) is 5.03. The van der Waals surface area contributed by atoms with Crippen molar-refractivity contribution in [1.29, 1.82) is 0 Å². The first-order valence-electron chi connectivity index (χ1n) is 11.4. The Labute approximate surface area is 211 Å². The smallest absolute Gasteiger partial charge is 0.258 e. The molecule has 2 aromatic rings. The molecule has 2 N–H and O–H groups in total. The zero-order chi connectivity index (χ0) is 24.7. The number of anilines is 2. The average molecular weight is 510 g/mol. The number of benzene rings is 2.